The second-order valence-corrected chi connectivity index (χ2v) is 3.80. The highest BCUT2D eigenvalue weighted by Crippen LogP contribution is 2.12. The predicted octanol–water partition coefficient (Wildman–Crippen LogP) is 0.996. The fraction of sp³-hybridized carbons (Fsp3) is 0.333. The molecule has 17 heavy (non-hydrogen) atoms. The molecule has 0 saturated carbocycles. The van der Waals surface area contributed by atoms with Crippen LogP contribution >= 0.6 is 0 Å². The van der Waals surface area contributed by atoms with Crippen LogP contribution in [0.3, 0.4) is 0 Å². The van der Waals surface area contributed by atoms with E-state index < -0.39 is 12.0 Å². The average molecular weight is 236 g/mol. The molecular weight excluding hydrogens is 220 g/mol. The number of rotatable bonds is 5. The molecule has 1 amide bonds. The van der Waals surface area contributed by atoms with Crippen molar-refractivity contribution in [1.82, 2.24) is 5.32 Å². The van der Waals surface area contributed by atoms with Gasteiger partial charge in [0.15, 0.2) is 0 Å². The second kappa shape index (κ2) is 6.00. The first kappa shape index (κ1) is 13.2. The fourth-order valence-corrected chi connectivity index (χ4v) is 1.24. The van der Waals surface area contributed by atoms with Crippen molar-refractivity contribution in [3.05, 3.63) is 29.8 Å². The molecule has 0 aliphatic carbocycles. The van der Waals surface area contributed by atoms with E-state index in [2.05, 4.69) is 10.6 Å². The van der Waals surface area contributed by atoms with Gasteiger partial charge in [-0.25, -0.2) is 0 Å². The third kappa shape index (κ3) is 4.24. The molecule has 0 spiro atoms. The van der Waals surface area contributed by atoms with Gasteiger partial charge >= 0.3 is 5.97 Å². The van der Waals surface area contributed by atoms with Gasteiger partial charge in [0.25, 0.3) is 0 Å². The van der Waals surface area contributed by atoms with Gasteiger partial charge in [-0.3, -0.25) is 14.9 Å². The first-order valence-corrected chi connectivity index (χ1v) is 5.32. The Morgan fingerprint density at radius 3 is 2.59 bits per heavy atom. The van der Waals surface area contributed by atoms with Gasteiger partial charge in [0, 0.05) is 5.69 Å². The maximum atomic E-state index is 11.5. The lowest BCUT2D eigenvalue weighted by molar-refractivity contribution is -0.139. The van der Waals surface area contributed by atoms with Crippen LogP contribution < -0.4 is 10.6 Å². The highest BCUT2D eigenvalue weighted by molar-refractivity contribution is 5.93. The van der Waals surface area contributed by atoms with Crippen LogP contribution in [0.25, 0.3) is 0 Å². The number of benzene rings is 1. The Kier molecular flexibility index (Phi) is 4.66. The Balaban J connectivity index is 2.46. The Morgan fingerprint density at radius 1 is 1.35 bits per heavy atom. The quantitative estimate of drug-likeness (QED) is 0.712. The number of carbonyl (C=O) groups excluding carboxylic acids is 1. The topological polar surface area (TPSA) is 78.4 Å². The van der Waals surface area contributed by atoms with Crippen molar-refractivity contribution in [3.8, 4) is 0 Å². The van der Waals surface area contributed by atoms with Crippen LogP contribution in [0.15, 0.2) is 24.3 Å². The maximum Gasteiger partial charge on any atom is 0.320 e. The molecule has 0 fully saturated rings. The van der Waals surface area contributed by atoms with Crippen molar-refractivity contribution in [3.63, 3.8) is 0 Å². The number of hydrogen-bond donors (Lipinski definition) is 3. The minimum absolute atomic E-state index is 0.0260. The Bertz CT molecular complexity index is 418. The SMILES string of the molecule is Cc1ccccc1NC(=O)CN[C@H](C)C(=O)O. The minimum Gasteiger partial charge on any atom is -0.480 e. The number of carboxylic acid groups (broad SMARTS) is 1. The smallest absolute Gasteiger partial charge is 0.320 e. The van der Waals surface area contributed by atoms with E-state index in [0.717, 1.165) is 11.3 Å². The fourth-order valence-electron chi connectivity index (χ4n) is 1.24. The van der Waals surface area contributed by atoms with Gasteiger partial charge < -0.3 is 10.4 Å². The summed E-state index contributed by atoms with van der Waals surface area (Å²) in [6.45, 7) is 3.36. The van der Waals surface area contributed by atoms with Crippen LogP contribution in [0.2, 0.25) is 0 Å². The number of carboxylic acids is 1. The molecular formula is C12H16N2O3. The van der Waals surface area contributed by atoms with E-state index >= 15 is 0 Å². The summed E-state index contributed by atoms with van der Waals surface area (Å²) in [7, 11) is 0. The van der Waals surface area contributed by atoms with E-state index in [1.807, 2.05) is 25.1 Å². The van der Waals surface area contributed by atoms with Crippen molar-refractivity contribution in [1.29, 1.82) is 0 Å². The molecule has 1 rings (SSSR count). The van der Waals surface area contributed by atoms with Crippen LogP contribution in [0.4, 0.5) is 5.69 Å². The highest BCUT2D eigenvalue weighted by Gasteiger charge is 2.11. The largest absolute Gasteiger partial charge is 0.480 e. The third-order valence-electron chi connectivity index (χ3n) is 2.36. The lowest BCUT2D eigenvalue weighted by Crippen LogP contribution is -2.39. The van der Waals surface area contributed by atoms with Crippen molar-refractivity contribution in [2.75, 3.05) is 11.9 Å². The van der Waals surface area contributed by atoms with E-state index in [-0.39, 0.29) is 12.5 Å². The van der Waals surface area contributed by atoms with Gasteiger partial charge in [0.05, 0.1) is 6.54 Å². The van der Waals surface area contributed by atoms with Crippen LogP contribution in [0.1, 0.15) is 12.5 Å². The molecule has 1 aromatic rings. The zero-order valence-corrected chi connectivity index (χ0v) is 9.86. The Morgan fingerprint density at radius 2 is 2.00 bits per heavy atom. The second-order valence-electron chi connectivity index (χ2n) is 3.80. The number of carbonyl (C=O) groups is 2. The zero-order valence-electron chi connectivity index (χ0n) is 9.86. The summed E-state index contributed by atoms with van der Waals surface area (Å²) in [5, 5.41) is 14.0. The molecule has 0 saturated heterocycles. The van der Waals surface area contributed by atoms with Gasteiger partial charge in [0.2, 0.25) is 5.91 Å². The molecule has 0 heterocycles. The normalized spacial score (nSPS) is 11.9. The molecule has 0 aromatic heterocycles. The van der Waals surface area contributed by atoms with E-state index in [1.54, 1.807) is 6.07 Å². The molecule has 0 bridgehead atoms. The van der Waals surface area contributed by atoms with Crippen molar-refractivity contribution < 1.29 is 14.7 Å². The molecule has 1 aromatic carbocycles. The lowest BCUT2D eigenvalue weighted by Gasteiger charge is -2.10. The van der Waals surface area contributed by atoms with Crippen molar-refractivity contribution in [2.24, 2.45) is 0 Å². The molecule has 1 atom stereocenters. The number of nitrogens with one attached hydrogen (secondary N) is 2. The molecule has 0 aliphatic rings. The minimum atomic E-state index is -0.978. The van der Waals surface area contributed by atoms with E-state index in [9.17, 15) is 9.59 Å². The van der Waals surface area contributed by atoms with Crippen LogP contribution in [0.5, 0.6) is 0 Å². The van der Waals surface area contributed by atoms with E-state index in [1.165, 1.54) is 6.92 Å². The first-order valence-electron chi connectivity index (χ1n) is 5.32. The standard InChI is InChI=1S/C12H16N2O3/c1-8-5-3-4-6-10(8)14-11(15)7-13-9(2)12(16)17/h3-6,9,13H,7H2,1-2H3,(H,14,15)(H,16,17)/t9-/m1/s1. The number of aryl methyl sites for hydroxylation is 1. The summed E-state index contributed by atoms with van der Waals surface area (Å²) < 4.78 is 0. The molecule has 0 radical (unpaired) electrons. The Hall–Kier alpha value is -1.88. The van der Waals surface area contributed by atoms with Crippen LogP contribution in [-0.2, 0) is 9.59 Å². The zero-order chi connectivity index (χ0) is 12.8. The number of aliphatic carboxylic acids is 1. The van der Waals surface area contributed by atoms with Gasteiger partial charge in [-0.05, 0) is 25.5 Å². The van der Waals surface area contributed by atoms with Gasteiger partial charge in [-0.15, -0.1) is 0 Å². The molecule has 3 N–H and O–H groups in total. The highest BCUT2D eigenvalue weighted by atomic mass is 16.4. The van der Waals surface area contributed by atoms with Crippen LogP contribution in [-0.4, -0.2) is 29.6 Å². The van der Waals surface area contributed by atoms with E-state index in [4.69, 9.17) is 5.11 Å². The molecule has 0 aliphatic heterocycles. The summed E-state index contributed by atoms with van der Waals surface area (Å²) in [5.41, 5.74) is 1.70. The van der Waals surface area contributed by atoms with E-state index in [0.29, 0.717) is 0 Å². The third-order valence-corrected chi connectivity index (χ3v) is 2.36. The van der Waals surface area contributed by atoms with Crippen LogP contribution in [0, 0.1) is 6.92 Å². The first-order chi connectivity index (χ1) is 8.00. The molecule has 5 nitrogen and oxygen atoms in total. The summed E-state index contributed by atoms with van der Waals surface area (Å²) >= 11 is 0. The van der Waals surface area contributed by atoms with Crippen molar-refractivity contribution >= 4 is 17.6 Å². The summed E-state index contributed by atoms with van der Waals surface area (Å²) in [5.74, 6) is -1.24. The summed E-state index contributed by atoms with van der Waals surface area (Å²) in [6.07, 6.45) is 0. The monoisotopic (exact) mass is 236 g/mol. The maximum absolute atomic E-state index is 11.5. The molecule has 0 unspecified atom stereocenters. The number of amides is 1. The molecule has 5 heteroatoms. The number of para-hydroxylation sites is 1. The van der Waals surface area contributed by atoms with Gasteiger partial charge in [0.1, 0.15) is 6.04 Å². The van der Waals surface area contributed by atoms with Gasteiger partial charge in [-0.2, -0.15) is 0 Å². The Labute approximate surface area is 99.8 Å². The lowest BCUT2D eigenvalue weighted by atomic mass is 10.2. The van der Waals surface area contributed by atoms with Crippen molar-refractivity contribution in [2.45, 2.75) is 19.9 Å². The summed E-state index contributed by atoms with van der Waals surface area (Å²) in [6, 6.07) is 6.67. The average Bonchev–Trinajstić information content (AvgIpc) is 2.29. The van der Waals surface area contributed by atoms with Gasteiger partial charge in [-0.1, -0.05) is 18.2 Å². The molecule has 92 valence electrons. The predicted molar refractivity (Wildman–Crippen MR) is 64.9 cm³/mol. The number of hydrogen-bond acceptors (Lipinski definition) is 3. The number of anilines is 1. The summed E-state index contributed by atoms with van der Waals surface area (Å²) in [4.78, 5) is 22.1.